The molecule has 2 N–H and O–H groups in total. The van der Waals surface area contributed by atoms with Crippen LogP contribution in [0.15, 0.2) is 34.8 Å². The van der Waals surface area contributed by atoms with Crippen LogP contribution in [0.3, 0.4) is 0 Å². The summed E-state index contributed by atoms with van der Waals surface area (Å²) in [6, 6.07) is 7.84. The van der Waals surface area contributed by atoms with Crippen LogP contribution >= 0.6 is 15.9 Å². The molecule has 2 aromatic carbocycles. The third-order valence-electron chi connectivity index (χ3n) is 3.31. The first-order valence-corrected chi connectivity index (χ1v) is 7.19. The first kappa shape index (κ1) is 14.9. The van der Waals surface area contributed by atoms with E-state index < -0.39 is 0 Å². The Kier molecular flexibility index (Phi) is 4.33. The lowest BCUT2D eigenvalue weighted by Crippen LogP contribution is -2.09. The second-order valence-corrected chi connectivity index (χ2v) is 5.90. The van der Waals surface area contributed by atoms with Crippen molar-refractivity contribution in [1.29, 1.82) is 0 Å². The van der Waals surface area contributed by atoms with Gasteiger partial charge < -0.3 is 10.4 Å². The Morgan fingerprint density at radius 1 is 1.15 bits per heavy atom. The van der Waals surface area contributed by atoms with Gasteiger partial charge in [-0.25, -0.2) is 4.39 Å². The van der Waals surface area contributed by atoms with Crippen LogP contribution < -0.4 is 5.32 Å². The molecule has 4 heteroatoms. The van der Waals surface area contributed by atoms with Crippen molar-refractivity contribution in [3.63, 3.8) is 0 Å². The molecule has 1 atom stereocenters. The van der Waals surface area contributed by atoms with Gasteiger partial charge in [0.2, 0.25) is 0 Å². The summed E-state index contributed by atoms with van der Waals surface area (Å²) in [7, 11) is 0. The molecule has 0 spiro atoms. The number of anilines is 1. The highest BCUT2D eigenvalue weighted by atomic mass is 79.9. The molecule has 0 radical (unpaired) electrons. The van der Waals surface area contributed by atoms with Crippen molar-refractivity contribution in [3.8, 4) is 5.75 Å². The minimum absolute atomic E-state index is 0.0961. The highest BCUT2D eigenvalue weighted by molar-refractivity contribution is 9.10. The molecule has 106 valence electrons. The van der Waals surface area contributed by atoms with Gasteiger partial charge in [0.05, 0.1) is 6.04 Å². The molecule has 2 nitrogen and oxygen atoms in total. The molecule has 0 aliphatic carbocycles. The first-order valence-electron chi connectivity index (χ1n) is 6.40. The van der Waals surface area contributed by atoms with E-state index in [1.54, 1.807) is 0 Å². The van der Waals surface area contributed by atoms with Crippen molar-refractivity contribution in [1.82, 2.24) is 0 Å². The van der Waals surface area contributed by atoms with Crippen LogP contribution in [0, 0.1) is 19.7 Å². The van der Waals surface area contributed by atoms with Crippen molar-refractivity contribution in [2.75, 3.05) is 5.32 Å². The number of aromatic hydroxyl groups is 1. The number of phenolic OH excluding ortho intramolecular Hbond substituents is 1. The molecule has 0 heterocycles. The fraction of sp³-hybridized carbons (Fsp3) is 0.250. The maximum absolute atomic E-state index is 13.3. The zero-order valence-corrected chi connectivity index (χ0v) is 13.3. The zero-order chi connectivity index (χ0) is 14.9. The van der Waals surface area contributed by atoms with Gasteiger partial charge in [-0.2, -0.15) is 0 Å². The molecule has 0 fully saturated rings. The van der Waals surface area contributed by atoms with Crippen LogP contribution in [0.1, 0.15) is 29.7 Å². The summed E-state index contributed by atoms with van der Waals surface area (Å²) in [5.41, 5.74) is 3.75. The molecule has 1 unspecified atom stereocenters. The number of hydrogen-bond donors (Lipinski definition) is 2. The lowest BCUT2D eigenvalue weighted by molar-refractivity contribution is 0.462. The van der Waals surface area contributed by atoms with Crippen LogP contribution in [0.25, 0.3) is 0 Å². The van der Waals surface area contributed by atoms with Gasteiger partial charge in [0.1, 0.15) is 11.6 Å². The van der Waals surface area contributed by atoms with Crippen molar-refractivity contribution in [2.24, 2.45) is 0 Å². The Hall–Kier alpha value is -1.55. The monoisotopic (exact) mass is 337 g/mol. The Morgan fingerprint density at radius 3 is 2.35 bits per heavy atom. The van der Waals surface area contributed by atoms with Gasteiger partial charge in [0, 0.05) is 15.7 Å². The lowest BCUT2D eigenvalue weighted by atomic mass is 10.0. The van der Waals surface area contributed by atoms with Crippen molar-refractivity contribution in [3.05, 3.63) is 57.3 Å². The van der Waals surface area contributed by atoms with Crippen molar-refractivity contribution < 1.29 is 9.50 Å². The molecular formula is C16H17BrFNO. The predicted molar refractivity (Wildman–Crippen MR) is 83.7 cm³/mol. The van der Waals surface area contributed by atoms with E-state index in [0.717, 1.165) is 21.3 Å². The Bertz CT molecular complexity index is 619. The normalized spacial score (nSPS) is 12.2. The average Bonchev–Trinajstić information content (AvgIpc) is 2.36. The minimum Gasteiger partial charge on any atom is -0.508 e. The number of phenols is 1. The van der Waals surface area contributed by atoms with Gasteiger partial charge >= 0.3 is 0 Å². The molecule has 0 saturated carbocycles. The number of rotatable bonds is 3. The third-order valence-corrected chi connectivity index (χ3v) is 3.77. The summed E-state index contributed by atoms with van der Waals surface area (Å²) in [6.45, 7) is 5.92. The highest BCUT2D eigenvalue weighted by Crippen LogP contribution is 2.31. The van der Waals surface area contributed by atoms with Gasteiger partial charge in [0.15, 0.2) is 0 Å². The highest BCUT2D eigenvalue weighted by Gasteiger charge is 2.14. The fourth-order valence-electron chi connectivity index (χ4n) is 2.30. The first-order chi connectivity index (χ1) is 9.38. The lowest BCUT2D eigenvalue weighted by Gasteiger charge is -2.20. The molecule has 20 heavy (non-hydrogen) atoms. The number of hydrogen-bond acceptors (Lipinski definition) is 2. The summed E-state index contributed by atoms with van der Waals surface area (Å²) in [6.07, 6.45) is 0. The zero-order valence-electron chi connectivity index (χ0n) is 11.7. The fourth-order valence-corrected chi connectivity index (χ4v) is 2.99. The van der Waals surface area contributed by atoms with E-state index in [9.17, 15) is 9.50 Å². The number of halogens is 2. The van der Waals surface area contributed by atoms with Gasteiger partial charge in [-0.15, -0.1) is 0 Å². The standard InChI is InChI=1S/C16H17BrFNO/c1-9-6-12(17)7-10(2)16(9)19-11(3)14-8-13(18)4-5-15(14)20/h4-8,11,19-20H,1-3H3. The van der Waals surface area contributed by atoms with Crippen LogP contribution in [0.5, 0.6) is 5.75 Å². The van der Waals surface area contributed by atoms with E-state index in [2.05, 4.69) is 21.2 Å². The summed E-state index contributed by atoms with van der Waals surface area (Å²) in [5, 5.41) is 13.2. The van der Waals surface area contributed by atoms with Crippen LogP contribution in [0.2, 0.25) is 0 Å². The molecule has 0 amide bonds. The van der Waals surface area contributed by atoms with Crippen LogP contribution in [-0.2, 0) is 0 Å². The second kappa shape index (κ2) is 5.83. The summed E-state index contributed by atoms with van der Waals surface area (Å²) < 4.78 is 14.3. The molecule has 0 aromatic heterocycles. The van der Waals surface area contributed by atoms with Crippen molar-refractivity contribution >= 4 is 21.6 Å². The van der Waals surface area contributed by atoms with Gasteiger partial charge in [-0.05, 0) is 62.2 Å². The van der Waals surface area contributed by atoms with Gasteiger partial charge in [0.25, 0.3) is 0 Å². The van der Waals surface area contributed by atoms with Crippen LogP contribution in [0.4, 0.5) is 10.1 Å². The van der Waals surface area contributed by atoms with E-state index in [1.165, 1.54) is 18.2 Å². The smallest absolute Gasteiger partial charge is 0.123 e. The SMILES string of the molecule is Cc1cc(Br)cc(C)c1NC(C)c1cc(F)ccc1O. The topological polar surface area (TPSA) is 32.3 Å². The molecular weight excluding hydrogens is 321 g/mol. The second-order valence-electron chi connectivity index (χ2n) is 4.98. The molecule has 0 saturated heterocycles. The largest absolute Gasteiger partial charge is 0.508 e. The van der Waals surface area contributed by atoms with E-state index in [-0.39, 0.29) is 17.6 Å². The quantitative estimate of drug-likeness (QED) is 0.818. The predicted octanol–water partition coefficient (Wildman–Crippen LogP) is 5.08. The van der Waals surface area contributed by atoms with E-state index in [4.69, 9.17) is 0 Å². The third kappa shape index (κ3) is 3.12. The molecule has 2 rings (SSSR count). The Balaban J connectivity index is 2.32. The number of aryl methyl sites for hydroxylation is 2. The minimum atomic E-state index is -0.351. The summed E-state index contributed by atoms with van der Waals surface area (Å²) in [4.78, 5) is 0. The van der Waals surface area contributed by atoms with E-state index in [0.29, 0.717) is 5.56 Å². The maximum atomic E-state index is 13.3. The maximum Gasteiger partial charge on any atom is 0.123 e. The summed E-state index contributed by atoms with van der Waals surface area (Å²) in [5.74, 6) is -0.255. The molecule has 0 aliphatic heterocycles. The van der Waals surface area contributed by atoms with E-state index >= 15 is 0 Å². The Labute approximate surface area is 126 Å². The number of benzene rings is 2. The molecule has 2 aromatic rings. The van der Waals surface area contributed by atoms with Crippen LogP contribution in [-0.4, -0.2) is 5.11 Å². The summed E-state index contributed by atoms with van der Waals surface area (Å²) >= 11 is 3.46. The number of nitrogens with one attached hydrogen (secondary N) is 1. The van der Waals surface area contributed by atoms with Crippen molar-refractivity contribution in [2.45, 2.75) is 26.8 Å². The van der Waals surface area contributed by atoms with Gasteiger partial charge in [-0.1, -0.05) is 15.9 Å². The van der Waals surface area contributed by atoms with Gasteiger partial charge in [-0.3, -0.25) is 0 Å². The Morgan fingerprint density at radius 2 is 1.75 bits per heavy atom. The molecule has 0 aliphatic rings. The molecule has 0 bridgehead atoms. The average molecular weight is 338 g/mol. The van der Waals surface area contributed by atoms with E-state index in [1.807, 2.05) is 32.9 Å².